The van der Waals surface area contributed by atoms with E-state index in [1.807, 2.05) is 0 Å². The fourth-order valence-corrected chi connectivity index (χ4v) is 5.35. The molecule has 0 amide bonds. The second kappa shape index (κ2) is 3.49. The van der Waals surface area contributed by atoms with Crippen molar-refractivity contribution in [1.29, 1.82) is 0 Å². The first kappa shape index (κ1) is 11.2. The highest BCUT2D eigenvalue weighted by Crippen LogP contribution is 2.60. The Morgan fingerprint density at radius 2 is 2.33 bits per heavy atom. The topological polar surface area (TPSA) is 32.3 Å². The van der Waals surface area contributed by atoms with Gasteiger partial charge in [-0.25, -0.2) is 0 Å². The zero-order valence-electron chi connectivity index (χ0n) is 11.2. The van der Waals surface area contributed by atoms with Crippen LogP contribution < -0.4 is 5.32 Å². The van der Waals surface area contributed by atoms with Crippen LogP contribution in [0.4, 0.5) is 0 Å². The number of aliphatic hydroxyl groups is 1. The third kappa shape index (κ3) is 1.26. The number of fused-ring (bicyclic) bond motifs is 1. The molecule has 4 bridgehead atoms. The molecule has 2 aliphatic heterocycles. The lowest BCUT2D eigenvalue weighted by Crippen LogP contribution is -2.52. The molecule has 2 nitrogen and oxygen atoms in total. The molecule has 2 heteroatoms. The molecule has 2 saturated heterocycles. The molecule has 18 heavy (non-hydrogen) atoms. The van der Waals surface area contributed by atoms with Crippen molar-refractivity contribution in [1.82, 2.24) is 5.32 Å². The standard InChI is InChI=1S/C16H23NO/c1-15-7-4-5-11-9-12(17-15)13(18)10-16(11)8-3-2-6-14(15)16/h2-3,6,11-13,17-18H,4-5,7-10H2,1H3. The molecule has 0 aromatic rings. The molecule has 0 aromatic carbocycles. The highest BCUT2D eigenvalue weighted by Gasteiger charge is 2.58. The molecule has 3 aliphatic carbocycles. The van der Waals surface area contributed by atoms with Crippen LogP contribution in [0.25, 0.3) is 0 Å². The predicted molar refractivity (Wildman–Crippen MR) is 72.2 cm³/mol. The van der Waals surface area contributed by atoms with E-state index in [4.69, 9.17) is 0 Å². The second-order valence-corrected chi connectivity index (χ2v) is 7.05. The zero-order chi connectivity index (χ0) is 12.4. The Morgan fingerprint density at radius 1 is 1.44 bits per heavy atom. The van der Waals surface area contributed by atoms with Gasteiger partial charge in [-0.15, -0.1) is 0 Å². The normalized spacial score (nSPS) is 53.7. The summed E-state index contributed by atoms with van der Waals surface area (Å²) in [5, 5.41) is 14.3. The van der Waals surface area contributed by atoms with Gasteiger partial charge in [0.1, 0.15) is 0 Å². The number of nitrogens with one attached hydrogen (secondary N) is 1. The van der Waals surface area contributed by atoms with Crippen molar-refractivity contribution in [2.24, 2.45) is 11.3 Å². The maximum absolute atomic E-state index is 10.5. The molecule has 2 N–H and O–H groups in total. The summed E-state index contributed by atoms with van der Waals surface area (Å²) in [6.07, 6.45) is 13.9. The fourth-order valence-electron chi connectivity index (χ4n) is 5.35. The van der Waals surface area contributed by atoms with Gasteiger partial charge in [-0.3, -0.25) is 0 Å². The summed E-state index contributed by atoms with van der Waals surface area (Å²) in [5.74, 6) is 0.777. The molecular weight excluding hydrogens is 222 g/mol. The van der Waals surface area contributed by atoms with Crippen LogP contribution in [0.3, 0.4) is 0 Å². The smallest absolute Gasteiger partial charge is 0.0702 e. The van der Waals surface area contributed by atoms with Gasteiger partial charge in [0.25, 0.3) is 0 Å². The van der Waals surface area contributed by atoms with E-state index in [-0.39, 0.29) is 17.1 Å². The minimum atomic E-state index is -0.156. The summed E-state index contributed by atoms with van der Waals surface area (Å²) >= 11 is 0. The van der Waals surface area contributed by atoms with Gasteiger partial charge in [0, 0.05) is 17.0 Å². The van der Waals surface area contributed by atoms with E-state index in [1.165, 1.54) is 25.7 Å². The third-order valence-electron chi connectivity index (χ3n) is 6.10. The van der Waals surface area contributed by atoms with E-state index in [9.17, 15) is 5.11 Å². The molecule has 1 spiro atoms. The van der Waals surface area contributed by atoms with Gasteiger partial charge in [0.15, 0.2) is 0 Å². The number of rotatable bonds is 0. The first-order valence-corrected chi connectivity index (χ1v) is 7.48. The van der Waals surface area contributed by atoms with Gasteiger partial charge >= 0.3 is 0 Å². The highest BCUT2D eigenvalue weighted by atomic mass is 16.3. The van der Waals surface area contributed by atoms with Gasteiger partial charge < -0.3 is 10.4 Å². The minimum absolute atomic E-state index is 0.123. The summed E-state index contributed by atoms with van der Waals surface area (Å²) in [4.78, 5) is 0. The first-order valence-electron chi connectivity index (χ1n) is 7.48. The van der Waals surface area contributed by atoms with E-state index in [0.717, 1.165) is 18.8 Å². The van der Waals surface area contributed by atoms with Crippen molar-refractivity contribution in [3.63, 3.8) is 0 Å². The fraction of sp³-hybridized carbons (Fsp3) is 0.750. The monoisotopic (exact) mass is 245 g/mol. The van der Waals surface area contributed by atoms with E-state index >= 15 is 0 Å². The van der Waals surface area contributed by atoms with Crippen molar-refractivity contribution >= 4 is 0 Å². The summed E-state index contributed by atoms with van der Waals surface area (Å²) in [6, 6.07) is 0.317. The number of aliphatic hydroxyl groups excluding tert-OH is 1. The van der Waals surface area contributed by atoms with Gasteiger partial charge in [-0.2, -0.15) is 0 Å². The van der Waals surface area contributed by atoms with E-state index in [2.05, 4.69) is 30.5 Å². The molecule has 2 saturated carbocycles. The van der Waals surface area contributed by atoms with Crippen molar-refractivity contribution in [2.45, 2.75) is 63.1 Å². The summed E-state index contributed by atoms with van der Waals surface area (Å²) in [7, 11) is 0. The van der Waals surface area contributed by atoms with Crippen LogP contribution in [-0.2, 0) is 0 Å². The average molecular weight is 245 g/mol. The van der Waals surface area contributed by atoms with Crippen LogP contribution in [0.1, 0.15) is 45.4 Å². The Morgan fingerprint density at radius 3 is 3.22 bits per heavy atom. The lowest BCUT2D eigenvalue weighted by atomic mass is 9.57. The molecular formula is C16H23NO. The SMILES string of the molecule is CC12CCCC3CC(N1)C(O)CC31CC=CC=C21. The van der Waals surface area contributed by atoms with Crippen LogP contribution in [0.5, 0.6) is 0 Å². The Bertz CT molecular complexity index is 440. The molecule has 5 aliphatic rings. The van der Waals surface area contributed by atoms with Crippen molar-refractivity contribution in [2.75, 3.05) is 0 Å². The van der Waals surface area contributed by atoms with E-state index in [0.29, 0.717) is 6.04 Å². The summed E-state index contributed by atoms with van der Waals surface area (Å²) < 4.78 is 0. The molecule has 5 atom stereocenters. The maximum Gasteiger partial charge on any atom is 0.0702 e. The van der Waals surface area contributed by atoms with Crippen LogP contribution in [0.15, 0.2) is 23.8 Å². The number of hydrogen-bond donors (Lipinski definition) is 2. The van der Waals surface area contributed by atoms with Crippen LogP contribution in [-0.4, -0.2) is 22.8 Å². The van der Waals surface area contributed by atoms with Crippen molar-refractivity contribution < 1.29 is 5.11 Å². The average Bonchev–Trinajstić information content (AvgIpc) is 2.55. The number of hydrogen-bond acceptors (Lipinski definition) is 2. The molecule has 4 fully saturated rings. The lowest BCUT2D eigenvalue weighted by molar-refractivity contribution is 0.00645. The highest BCUT2D eigenvalue weighted by molar-refractivity contribution is 5.40. The predicted octanol–water partition coefficient (Wildman–Crippen LogP) is 2.54. The Balaban J connectivity index is 1.94. The molecule has 0 aromatic heterocycles. The Labute approximate surface area is 109 Å². The van der Waals surface area contributed by atoms with Crippen LogP contribution in [0.2, 0.25) is 0 Å². The van der Waals surface area contributed by atoms with Gasteiger partial charge in [0.2, 0.25) is 0 Å². The Kier molecular flexibility index (Phi) is 2.18. The quantitative estimate of drug-likeness (QED) is 0.687. The van der Waals surface area contributed by atoms with Crippen molar-refractivity contribution in [3.8, 4) is 0 Å². The summed E-state index contributed by atoms with van der Waals surface area (Å²) in [6.45, 7) is 2.37. The summed E-state index contributed by atoms with van der Waals surface area (Å²) in [5.41, 5.74) is 1.98. The van der Waals surface area contributed by atoms with Crippen LogP contribution >= 0.6 is 0 Å². The lowest BCUT2D eigenvalue weighted by Gasteiger charge is -2.47. The van der Waals surface area contributed by atoms with Crippen molar-refractivity contribution in [3.05, 3.63) is 23.8 Å². The van der Waals surface area contributed by atoms with Crippen LogP contribution in [0, 0.1) is 11.3 Å². The largest absolute Gasteiger partial charge is 0.391 e. The first-order chi connectivity index (χ1) is 8.64. The molecule has 5 rings (SSSR count). The molecule has 5 unspecified atom stereocenters. The Hall–Kier alpha value is -0.600. The van der Waals surface area contributed by atoms with Gasteiger partial charge in [-0.1, -0.05) is 24.6 Å². The second-order valence-electron chi connectivity index (χ2n) is 7.05. The third-order valence-corrected chi connectivity index (χ3v) is 6.10. The van der Waals surface area contributed by atoms with Gasteiger partial charge in [0.05, 0.1) is 6.10 Å². The maximum atomic E-state index is 10.5. The van der Waals surface area contributed by atoms with Gasteiger partial charge in [-0.05, 0) is 50.5 Å². The molecule has 98 valence electrons. The molecule has 0 radical (unpaired) electrons. The number of allylic oxidation sites excluding steroid dienone is 3. The molecule has 2 heterocycles. The van der Waals surface area contributed by atoms with E-state index in [1.54, 1.807) is 5.57 Å². The zero-order valence-corrected chi connectivity index (χ0v) is 11.2. The minimum Gasteiger partial charge on any atom is -0.391 e. The van der Waals surface area contributed by atoms with E-state index < -0.39 is 0 Å².